The predicted molar refractivity (Wildman–Crippen MR) is 67.9 cm³/mol. The lowest BCUT2D eigenvalue weighted by Gasteiger charge is -2.34. The Labute approximate surface area is 110 Å². The maximum atomic E-state index is 11.6. The SMILES string of the molecule is O=C(O)C1(c2ccc(Cl)cc2Cl)CCCNC1. The number of rotatable bonds is 2. The van der Waals surface area contributed by atoms with Crippen molar-refractivity contribution in [1.82, 2.24) is 5.32 Å². The van der Waals surface area contributed by atoms with Gasteiger partial charge in [-0.1, -0.05) is 29.3 Å². The number of halogens is 2. The summed E-state index contributed by atoms with van der Waals surface area (Å²) in [6.45, 7) is 1.25. The van der Waals surface area contributed by atoms with Gasteiger partial charge >= 0.3 is 5.97 Å². The molecule has 1 aliphatic heterocycles. The van der Waals surface area contributed by atoms with E-state index in [9.17, 15) is 9.90 Å². The number of hydrogen-bond acceptors (Lipinski definition) is 2. The van der Waals surface area contributed by atoms with Crippen LogP contribution in [0.5, 0.6) is 0 Å². The van der Waals surface area contributed by atoms with Gasteiger partial charge in [-0.2, -0.15) is 0 Å². The summed E-state index contributed by atoms with van der Waals surface area (Å²) in [6, 6.07) is 4.99. The average molecular weight is 274 g/mol. The molecular formula is C12H13Cl2NO2. The van der Waals surface area contributed by atoms with E-state index in [0.717, 1.165) is 13.0 Å². The van der Waals surface area contributed by atoms with E-state index in [4.69, 9.17) is 23.2 Å². The summed E-state index contributed by atoms with van der Waals surface area (Å²) in [4.78, 5) is 11.6. The molecule has 1 aromatic carbocycles. The first-order valence-corrected chi connectivity index (χ1v) is 6.21. The van der Waals surface area contributed by atoms with Crippen molar-refractivity contribution in [3.05, 3.63) is 33.8 Å². The second-order valence-electron chi connectivity index (χ2n) is 4.29. The minimum Gasteiger partial charge on any atom is -0.481 e. The molecule has 5 heteroatoms. The van der Waals surface area contributed by atoms with E-state index in [1.165, 1.54) is 0 Å². The maximum absolute atomic E-state index is 11.6. The Morgan fingerprint density at radius 2 is 2.18 bits per heavy atom. The Morgan fingerprint density at radius 3 is 2.71 bits per heavy atom. The number of carboxylic acids is 1. The number of aliphatic carboxylic acids is 1. The lowest BCUT2D eigenvalue weighted by atomic mass is 9.75. The summed E-state index contributed by atoms with van der Waals surface area (Å²) in [5, 5.41) is 13.6. The quantitative estimate of drug-likeness (QED) is 0.871. The Bertz CT molecular complexity index is 442. The van der Waals surface area contributed by atoms with Gasteiger partial charge in [0, 0.05) is 16.6 Å². The number of benzene rings is 1. The number of hydrogen-bond donors (Lipinski definition) is 2. The van der Waals surface area contributed by atoms with Crippen molar-refractivity contribution in [1.29, 1.82) is 0 Å². The lowest BCUT2D eigenvalue weighted by molar-refractivity contribution is -0.144. The van der Waals surface area contributed by atoms with Gasteiger partial charge in [-0.25, -0.2) is 0 Å². The number of piperidine rings is 1. The fraction of sp³-hybridized carbons (Fsp3) is 0.417. The molecule has 0 spiro atoms. The van der Waals surface area contributed by atoms with E-state index >= 15 is 0 Å². The van der Waals surface area contributed by atoms with Gasteiger partial charge in [-0.3, -0.25) is 4.79 Å². The zero-order valence-electron chi connectivity index (χ0n) is 9.17. The van der Waals surface area contributed by atoms with Crippen LogP contribution in [0.2, 0.25) is 10.0 Å². The lowest BCUT2D eigenvalue weighted by Crippen LogP contribution is -2.49. The first kappa shape index (κ1) is 12.7. The van der Waals surface area contributed by atoms with E-state index in [1.54, 1.807) is 18.2 Å². The molecule has 3 nitrogen and oxygen atoms in total. The van der Waals surface area contributed by atoms with Crippen LogP contribution >= 0.6 is 23.2 Å². The molecule has 1 unspecified atom stereocenters. The van der Waals surface area contributed by atoms with Gasteiger partial charge < -0.3 is 10.4 Å². The smallest absolute Gasteiger partial charge is 0.315 e. The summed E-state index contributed by atoms with van der Waals surface area (Å²) in [5.41, 5.74) is -0.289. The third-order valence-electron chi connectivity index (χ3n) is 3.24. The number of nitrogens with one attached hydrogen (secondary N) is 1. The molecule has 2 N–H and O–H groups in total. The van der Waals surface area contributed by atoms with E-state index in [0.29, 0.717) is 28.6 Å². The molecule has 1 heterocycles. The Balaban J connectivity index is 2.49. The van der Waals surface area contributed by atoms with Crippen molar-refractivity contribution >= 4 is 29.2 Å². The van der Waals surface area contributed by atoms with Gasteiger partial charge in [0.2, 0.25) is 0 Å². The van der Waals surface area contributed by atoms with E-state index in [2.05, 4.69) is 5.32 Å². The molecule has 1 aromatic rings. The van der Waals surface area contributed by atoms with Crippen LogP contribution in [-0.4, -0.2) is 24.2 Å². The fourth-order valence-electron chi connectivity index (χ4n) is 2.31. The van der Waals surface area contributed by atoms with Gasteiger partial charge in [0.05, 0.1) is 0 Å². The molecule has 1 saturated heterocycles. The van der Waals surface area contributed by atoms with E-state index < -0.39 is 11.4 Å². The van der Waals surface area contributed by atoms with Crippen LogP contribution in [0.3, 0.4) is 0 Å². The van der Waals surface area contributed by atoms with Gasteiger partial charge in [0.1, 0.15) is 5.41 Å². The zero-order valence-corrected chi connectivity index (χ0v) is 10.7. The molecule has 1 fully saturated rings. The molecule has 92 valence electrons. The molecule has 0 bridgehead atoms. The van der Waals surface area contributed by atoms with Crippen molar-refractivity contribution in [3.63, 3.8) is 0 Å². The average Bonchev–Trinajstić information content (AvgIpc) is 2.29. The highest BCUT2D eigenvalue weighted by Gasteiger charge is 2.42. The second-order valence-corrected chi connectivity index (χ2v) is 5.14. The van der Waals surface area contributed by atoms with Gasteiger partial charge in [-0.15, -0.1) is 0 Å². The normalized spacial score (nSPS) is 24.6. The standard InChI is InChI=1S/C12H13Cl2NO2/c13-8-2-3-9(10(14)6-8)12(11(16)17)4-1-5-15-7-12/h2-3,6,15H,1,4-5,7H2,(H,16,17). The van der Waals surface area contributed by atoms with Crippen molar-refractivity contribution < 1.29 is 9.90 Å². The maximum Gasteiger partial charge on any atom is 0.315 e. The first-order valence-electron chi connectivity index (χ1n) is 5.46. The minimum absolute atomic E-state index is 0.406. The third-order valence-corrected chi connectivity index (χ3v) is 3.79. The topological polar surface area (TPSA) is 49.3 Å². The van der Waals surface area contributed by atoms with Crippen molar-refractivity contribution in [2.24, 2.45) is 0 Å². The molecule has 0 saturated carbocycles. The van der Waals surface area contributed by atoms with Crippen LogP contribution in [0.25, 0.3) is 0 Å². The summed E-state index contributed by atoms with van der Waals surface area (Å²) in [6.07, 6.45) is 1.42. The molecule has 1 aliphatic rings. The molecule has 2 rings (SSSR count). The van der Waals surface area contributed by atoms with Gasteiger partial charge in [0.15, 0.2) is 0 Å². The highest BCUT2D eigenvalue weighted by atomic mass is 35.5. The van der Waals surface area contributed by atoms with E-state index in [1.807, 2.05) is 0 Å². The summed E-state index contributed by atoms with van der Waals surface area (Å²) in [7, 11) is 0. The van der Waals surface area contributed by atoms with Gasteiger partial charge in [0.25, 0.3) is 0 Å². The van der Waals surface area contributed by atoms with E-state index in [-0.39, 0.29) is 0 Å². The van der Waals surface area contributed by atoms with Crippen LogP contribution in [0, 0.1) is 0 Å². The Hall–Kier alpha value is -0.770. The third kappa shape index (κ3) is 2.28. The summed E-state index contributed by atoms with van der Waals surface area (Å²) < 4.78 is 0. The molecule has 0 aromatic heterocycles. The molecular weight excluding hydrogens is 261 g/mol. The predicted octanol–water partition coefficient (Wildman–Crippen LogP) is 2.70. The monoisotopic (exact) mass is 273 g/mol. The van der Waals surface area contributed by atoms with Crippen molar-refractivity contribution in [2.45, 2.75) is 18.3 Å². The summed E-state index contributed by atoms with van der Waals surface area (Å²) >= 11 is 12.0. The molecule has 1 atom stereocenters. The Morgan fingerprint density at radius 1 is 1.41 bits per heavy atom. The van der Waals surface area contributed by atoms with Crippen molar-refractivity contribution in [3.8, 4) is 0 Å². The molecule has 17 heavy (non-hydrogen) atoms. The largest absolute Gasteiger partial charge is 0.481 e. The highest BCUT2D eigenvalue weighted by Crippen LogP contribution is 2.37. The highest BCUT2D eigenvalue weighted by molar-refractivity contribution is 6.35. The zero-order chi connectivity index (χ0) is 12.5. The van der Waals surface area contributed by atoms with Gasteiger partial charge in [-0.05, 0) is 37.1 Å². The summed E-state index contributed by atoms with van der Waals surface area (Å²) in [5.74, 6) is -0.839. The Kier molecular flexibility index (Phi) is 3.61. The second kappa shape index (κ2) is 4.84. The fourth-order valence-corrected chi connectivity index (χ4v) is 2.90. The number of carboxylic acid groups (broad SMARTS) is 1. The van der Waals surface area contributed by atoms with Crippen LogP contribution in [0.4, 0.5) is 0 Å². The first-order chi connectivity index (χ1) is 8.06. The molecule has 0 amide bonds. The van der Waals surface area contributed by atoms with Crippen LogP contribution < -0.4 is 5.32 Å². The van der Waals surface area contributed by atoms with Crippen LogP contribution in [0.15, 0.2) is 18.2 Å². The van der Waals surface area contributed by atoms with Crippen LogP contribution in [-0.2, 0) is 10.2 Å². The minimum atomic E-state index is -0.931. The van der Waals surface area contributed by atoms with Crippen molar-refractivity contribution in [2.75, 3.05) is 13.1 Å². The van der Waals surface area contributed by atoms with Crippen LogP contribution in [0.1, 0.15) is 18.4 Å². The molecule has 0 aliphatic carbocycles. The number of carbonyl (C=O) groups is 1. The molecule has 0 radical (unpaired) electrons.